The van der Waals surface area contributed by atoms with Crippen LogP contribution in [0.1, 0.15) is 0 Å². The van der Waals surface area contributed by atoms with E-state index in [-0.39, 0.29) is 0 Å². The molecule has 0 atom stereocenters. The van der Waals surface area contributed by atoms with E-state index in [4.69, 9.17) is 0 Å². The van der Waals surface area contributed by atoms with Gasteiger partial charge in [0.05, 0.1) is 6.61 Å². The molecule has 0 amide bonds. The van der Waals surface area contributed by atoms with Crippen LogP contribution in [0.15, 0.2) is 12.3 Å². The van der Waals surface area contributed by atoms with E-state index in [1.54, 1.807) is 6.08 Å². The molecule has 4 nitrogen and oxygen atoms in total. The summed E-state index contributed by atoms with van der Waals surface area (Å²) in [5, 5.41) is 0. The molecule has 4 N–H and O–H groups in total. The molecule has 0 bridgehead atoms. The molecule has 42 valence electrons. The van der Waals surface area contributed by atoms with Crippen molar-refractivity contribution in [1.82, 2.24) is 0 Å². The van der Waals surface area contributed by atoms with Gasteiger partial charge in [-0.1, -0.05) is 0 Å². The largest absolute Gasteiger partial charge is 0.420 e. The zero-order chi connectivity index (χ0) is 5.54. The monoisotopic (exact) mass is 104 g/mol. The molecule has 0 fully saturated rings. The van der Waals surface area contributed by atoms with Crippen LogP contribution in [0.3, 0.4) is 0 Å². The second-order valence-electron chi connectivity index (χ2n) is 0.841. The lowest BCUT2D eigenvalue weighted by molar-refractivity contribution is 0.164. The molecule has 0 radical (unpaired) electrons. The standard InChI is InChI=1S/C3H8N2O2/c4-6-2-1-3-7-5/h1-2H,3-5H2. The Morgan fingerprint density at radius 1 is 1.43 bits per heavy atom. The molecule has 0 spiro atoms. The summed E-state index contributed by atoms with van der Waals surface area (Å²) < 4.78 is 0. The zero-order valence-electron chi connectivity index (χ0n) is 3.83. The highest BCUT2D eigenvalue weighted by Gasteiger charge is 1.67. The normalized spacial score (nSPS) is 10.0. The van der Waals surface area contributed by atoms with Gasteiger partial charge in [0.1, 0.15) is 6.26 Å². The minimum atomic E-state index is 0.317. The van der Waals surface area contributed by atoms with Crippen LogP contribution in [-0.2, 0) is 9.68 Å². The lowest BCUT2D eigenvalue weighted by Crippen LogP contribution is -1.98. The molecule has 0 aliphatic rings. The Bertz CT molecular complexity index is 54.9. The van der Waals surface area contributed by atoms with Crippen molar-refractivity contribution in [3.63, 3.8) is 0 Å². The summed E-state index contributed by atoms with van der Waals surface area (Å²) in [4.78, 5) is 8.15. The summed E-state index contributed by atoms with van der Waals surface area (Å²) in [5.74, 6) is 9.21. The molecular weight excluding hydrogens is 96.0 g/mol. The topological polar surface area (TPSA) is 70.5 Å². The van der Waals surface area contributed by atoms with Crippen LogP contribution < -0.4 is 11.8 Å². The quantitative estimate of drug-likeness (QED) is 0.366. The first-order valence-corrected chi connectivity index (χ1v) is 1.74. The second-order valence-corrected chi connectivity index (χ2v) is 0.841. The second kappa shape index (κ2) is 5.42. The first-order valence-electron chi connectivity index (χ1n) is 1.74. The van der Waals surface area contributed by atoms with E-state index in [0.717, 1.165) is 0 Å². The van der Waals surface area contributed by atoms with Gasteiger partial charge in [-0.3, -0.25) is 0 Å². The van der Waals surface area contributed by atoms with E-state index >= 15 is 0 Å². The third-order valence-electron chi connectivity index (χ3n) is 0.367. The summed E-state index contributed by atoms with van der Waals surface area (Å²) >= 11 is 0. The molecule has 0 heterocycles. The summed E-state index contributed by atoms with van der Waals surface area (Å²) in [7, 11) is 0. The minimum absolute atomic E-state index is 0.317. The maximum Gasteiger partial charge on any atom is 0.109 e. The smallest absolute Gasteiger partial charge is 0.109 e. The van der Waals surface area contributed by atoms with Crippen LogP contribution in [0.25, 0.3) is 0 Å². The van der Waals surface area contributed by atoms with Crippen molar-refractivity contribution in [2.45, 2.75) is 0 Å². The van der Waals surface area contributed by atoms with Crippen LogP contribution in [-0.4, -0.2) is 6.61 Å². The molecule has 0 aromatic carbocycles. The zero-order valence-corrected chi connectivity index (χ0v) is 3.83. The molecule has 4 heteroatoms. The summed E-state index contributed by atoms with van der Waals surface area (Å²) in [6, 6.07) is 0. The van der Waals surface area contributed by atoms with Crippen LogP contribution in [0.4, 0.5) is 0 Å². The average molecular weight is 104 g/mol. The molecule has 0 aromatic heterocycles. The number of hydrogen-bond acceptors (Lipinski definition) is 4. The van der Waals surface area contributed by atoms with Gasteiger partial charge in [0.25, 0.3) is 0 Å². The van der Waals surface area contributed by atoms with Gasteiger partial charge in [-0.25, -0.2) is 5.90 Å². The fourth-order valence-corrected chi connectivity index (χ4v) is 0.150. The summed E-state index contributed by atoms with van der Waals surface area (Å²) in [5.41, 5.74) is 0. The van der Waals surface area contributed by atoms with Gasteiger partial charge in [0.15, 0.2) is 0 Å². The molecule has 7 heavy (non-hydrogen) atoms. The van der Waals surface area contributed by atoms with E-state index in [0.29, 0.717) is 6.61 Å². The van der Waals surface area contributed by atoms with Crippen molar-refractivity contribution in [1.29, 1.82) is 0 Å². The van der Waals surface area contributed by atoms with Gasteiger partial charge in [-0.2, -0.15) is 5.90 Å². The molecule has 0 aromatic rings. The van der Waals surface area contributed by atoms with Crippen molar-refractivity contribution in [3.8, 4) is 0 Å². The number of nitrogens with two attached hydrogens (primary N) is 2. The molecule has 0 saturated heterocycles. The Balaban J connectivity index is 2.78. The lowest BCUT2D eigenvalue weighted by atomic mass is 10.7. The molecule has 0 saturated carbocycles. The van der Waals surface area contributed by atoms with Crippen LogP contribution in [0.2, 0.25) is 0 Å². The van der Waals surface area contributed by atoms with Crippen molar-refractivity contribution in [2.75, 3.05) is 6.61 Å². The average Bonchev–Trinajstić information content (AvgIpc) is 1.69. The SMILES string of the molecule is NOC=CCON. The number of rotatable bonds is 3. The predicted octanol–water partition coefficient (Wildman–Crippen LogP) is -0.719. The molecule has 0 aliphatic carbocycles. The fraction of sp³-hybridized carbons (Fsp3) is 0.333. The maximum absolute atomic E-state index is 4.62. The van der Waals surface area contributed by atoms with E-state index in [2.05, 4.69) is 21.5 Å². The van der Waals surface area contributed by atoms with Gasteiger partial charge in [-0.15, -0.1) is 0 Å². The van der Waals surface area contributed by atoms with Crippen molar-refractivity contribution < 1.29 is 9.68 Å². The van der Waals surface area contributed by atoms with Gasteiger partial charge in [-0.05, 0) is 6.08 Å². The van der Waals surface area contributed by atoms with Gasteiger partial charge in [0, 0.05) is 0 Å². The van der Waals surface area contributed by atoms with Crippen LogP contribution >= 0.6 is 0 Å². The Kier molecular flexibility index (Phi) is 4.97. The highest BCUT2D eigenvalue weighted by molar-refractivity contribution is 4.70. The Labute approximate surface area is 41.6 Å². The highest BCUT2D eigenvalue weighted by atomic mass is 16.6. The van der Waals surface area contributed by atoms with Crippen LogP contribution in [0, 0.1) is 0 Å². The highest BCUT2D eigenvalue weighted by Crippen LogP contribution is 1.67. The van der Waals surface area contributed by atoms with Crippen LogP contribution in [0.5, 0.6) is 0 Å². The van der Waals surface area contributed by atoms with E-state index in [1.165, 1.54) is 6.26 Å². The van der Waals surface area contributed by atoms with E-state index in [9.17, 15) is 0 Å². The molecule has 0 rings (SSSR count). The summed E-state index contributed by atoms with van der Waals surface area (Å²) in [6.45, 7) is 0.317. The molecular formula is C3H8N2O2. The third-order valence-corrected chi connectivity index (χ3v) is 0.367. The molecule has 0 unspecified atom stereocenters. The Morgan fingerprint density at radius 3 is 2.57 bits per heavy atom. The minimum Gasteiger partial charge on any atom is -0.420 e. The maximum atomic E-state index is 4.62. The van der Waals surface area contributed by atoms with Gasteiger partial charge in [0.2, 0.25) is 0 Å². The third kappa shape index (κ3) is 5.42. The number of hydrogen-bond donors (Lipinski definition) is 2. The lowest BCUT2D eigenvalue weighted by Gasteiger charge is -1.85. The van der Waals surface area contributed by atoms with Crippen molar-refractivity contribution in [3.05, 3.63) is 12.3 Å². The Hall–Kier alpha value is -0.580. The van der Waals surface area contributed by atoms with E-state index < -0.39 is 0 Å². The van der Waals surface area contributed by atoms with E-state index in [1.807, 2.05) is 0 Å². The van der Waals surface area contributed by atoms with Crippen molar-refractivity contribution in [2.24, 2.45) is 11.8 Å². The predicted molar refractivity (Wildman–Crippen MR) is 24.6 cm³/mol. The fourth-order valence-electron chi connectivity index (χ4n) is 0.150. The van der Waals surface area contributed by atoms with Gasteiger partial charge < -0.3 is 9.68 Å². The van der Waals surface area contributed by atoms with Crippen molar-refractivity contribution >= 4 is 0 Å². The summed E-state index contributed by atoms with van der Waals surface area (Å²) in [6.07, 6.45) is 2.83. The first kappa shape index (κ1) is 6.42. The first-order chi connectivity index (χ1) is 3.41. The Morgan fingerprint density at radius 2 is 2.14 bits per heavy atom. The van der Waals surface area contributed by atoms with Gasteiger partial charge >= 0.3 is 0 Å². The molecule has 0 aliphatic heterocycles.